The lowest BCUT2D eigenvalue weighted by Crippen LogP contribution is -2.44. The Labute approximate surface area is 183 Å². The van der Waals surface area contributed by atoms with Gasteiger partial charge in [-0.3, -0.25) is 14.7 Å². The van der Waals surface area contributed by atoms with E-state index in [1.54, 1.807) is 17.2 Å². The van der Waals surface area contributed by atoms with Crippen LogP contribution in [0.15, 0.2) is 73.1 Å². The average Bonchev–Trinajstić information content (AvgIpc) is 3.19. The van der Waals surface area contributed by atoms with Crippen LogP contribution in [0.25, 0.3) is 11.1 Å². The molecule has 1 fully saturated rings. The lowest BCUT2D eigenvalue weighted by molar-refractivity contribution is -0.138. The summed E-state index contributed by atoms with van der Waals surface area (Å²) in [5, 5.41) is 0. The molecule has 1 amide bonds. The fourth-order valence-corrected chi connectivity index (χ4v) is 4.61. The minimum absolute atomic E-state index is 0.135. The van der Waals surface area contributed by atoms with Crippen LogP contribution in [0.1, 0.15) is 17.5 Å². The van der Waals surface area contributed by atoms with Gasteiger partial charge in [0.05, 0.1) is 5.41 Å². The van der Waals surface area contributed by atoms with Crippen LogP contribution in [0.5, 0.6) is 0 Å². The second kappa shape index (κ2) is 8.98. The first-order valence-corrected chi connectivity index (χ1v) is 10.6. The Morgan fingerprint density at radius 1 is 1.10 bits per heavy atom. The van der Waals surface area contributed by atoms with Gasteiger partial charge in [-0.05, 0) is 48.2 Å². The van der Waals surface area contributed by atoms with Crippen LogP contribution in [0.2, 0.25) is 0 Å². The summed E-state index contributed by atoms with van der Waals surface area (Å²) in [6.07, 6.45) is 5.04. The summed E-state index contributed by atoms with van der Waals surface area (Å²) in [6, 6.07) is 19.2. The van der Waals surface area contributed by atoms with Crippen molar-refractivity contribution in [2.24, 2.45) is 5.41 Å². The van der Waals surface area contributed by atoms with Crippen molar-refractivity contribution in [2.45, 2.75) is 19.4 Å². The molecule has 1 unspecified atom stereocenters. The number of likely N-dealkylation sites (tertiary alicyclic amines) is 1. The predicted octanol–water partition coefficient (Wildman–Crippen LogP) is 4.41. The largest absolute Gasteiger partial charge is 0.348 e. The summed E-state index contributed by atoms with van der Waals surface area (Å²) >= 11 is 0. The van der Waals surface area contributed by atoms with Crippen molar-refractivity contribution in [1.29, 1.82) is 0 Å². The number of halogens is 1. The molecule has 4 rings (SSSR count). The standard InChI is InChI=1S/C26H28FN3O/c1-29(2)25(31)26(12-14-30(19-26)18-23-8-3-4-11-24(23)27)16-20-7-5-9-21(15-20)22-10-6-13-28-17-22/h3-11,13,15,17H,12,14,16,18-19H2,1-2H3. The van der Waals surface area contributed by atoms with Crippen molar-refractivity contribution in [3.05, 3.63) is 90.0 Å². The molecule has 0 aliphatic carbocycles. The monoisotopic (exact) mass is 417 g/mol. The van der Waals surface area contributed by atoms with E-state index in [0.717, 1.165) is 29.7 Å². The van der Waals surface area contributed by atoms with E-state index < -0.39 is 5.41 Å². The number of pyridine rings is 1. The third-order valence-corrected chi connectivity index (χ3v) is 6.11. The Hall–Kier alpha value is -3.05. The van der Waals surface area contributed by atoms with Gasteiger partial charge < -0.3 is 4.90 Å². The third kappa shape index (κ3) is 4.67. The third-order valence-electron chi connectivity index (χ3n) is 6.11. The summed E-state index contributed by atoms with van der Waals surface area (Å²) in [5.41, 5.74) is 3.45. The minimum atomic E-state index is -0.512. The van der Waals surface area contributed by atoms with Gasteiger partial charge in [0.15, 0.2) is 0 Å². The second-order valence-corrected chi connectivity index (χ2v) is 8.65. The zero-order valence-corrected chi connectivity index (χ0v) is 18.1. The number of hydrogen-bond acceptors (Lipinski definition) is 3. The molecule has 1 atom stereocenters. The van der Waals surface area contributed by atoms with Crippen LogP contribution in [0.3, 0.4) is 0 Å². The highest BCUT2D eigenvalue weighted by Gasteiger charge is 2.45. The topological polar surface area (TPSA) is 36.4 Å². The van der Waals surface area contributed by atoms with E-state index in [-0.39, 0.29) is 11.7 Å². The van der Waals surface area contributed by atoms with Gasteiger partial charge in [0.25, 0.3) is 0 Å². The van der Waals surface area contributed by atoms with Crippen molar-refractivity contribution in [1.82, 2.24) is 14.8 Å². The molecule has 5 heteroatoms. The number of amides is 1. The lowest BCUT2D eigenvalue weighted by Gasteiger charge is -2.31. The van der Waals surface area contributed by atoms with E-state index in [1.165, 1.54) is 6.07 Å². The molecular formula is C26H28FN3O. The predicted molar refractivity (Wildman–Crippen MR) is 121 cm³/mol. The van der Waals surface area contributed by atoms with E-state index in [4.69, 9.17) is 0 Å². The minimum Gasteiger partial charge on any atom is -0.348 e. The number of aromatic nitrogens is 1. The summed E-state index contributed by atoms with van der Waals surface area (Å²) in [4.78, 5) is 21.4. The fraction of sp³-hybridized carbons (Fsp3) is 0.308. The Morgan fingerprint density at radius 2 is 1.90 bits per heavy atom. The Kier molecular flexibility index (Phi) is 6.14. The molecular weight excluding hydrogens is 389 g/mol. The summed E-state index contributed by atoms with van der Waals surface area (Å²) in [6.45, 7) is 1.91. The summed E-state index contributed by atoms with van der Waals surface area (Å²) in [5.74, 6) is -0.0570. The van der Waals surface area contributed by atoms with Gasteiger partial charge in [-0.2, -0.15) is 0 Å². The number of hydrogen-bond donors (Lipinski definition) is 0. The van der Waals surface area contributed by atoms with Crippen LogP contribution in [-0.4, -0.2) is 47.9 Å². The van der Waals surface area contributed by atoms with Crippen molar-refractivity contribution >= 4 is 5.91 Å². The van der Waals surface area contributed by atoms with E-state index in [0.29, 0.717) is 25.1 Å². The SMILES string of the molecule is CN(C)C(=O)C1(Cc2cccc(-c3cccnc3)c2)CCN(Cc2ccccc2F)C1. The highest BCUT2D eigenvalue weighted by Crippen LogP contribution is 2.37. The molecule has 0 saturated carbocycles. The maximum atomic E-state index is 14.2. The van der Waals surface area contributed by atoms with Crippen LogP contribution in [0, 0.1) is 11.2 Å². The van der Waals surface area contributed by atoms with Gasteiger partial charge in [-0.25, -0.2) is 4.39 Å². The molecule has 2 aromatic carbocycles. The van der Waals surface area contributed by atoms with Gasteiger partial charge in [-0.15, -0.1) is 0 Å². The molecule has 4 nitrogen and oxygen atoms in total. The van der Waals surface area contributed by atoms with E-state index >= 15 is 0 Å². The Bertz CT molecular complexity index is 1050. The highest BCUT2D eigenvalue weighted by molar-refractivity contribution is 5.83. The smallest absolute Gasteiger partial charge is 0.229 e. The first-order chi connectivity index (χ1) is 15.0. The quantitative estimate of drug-likeness (QED) is 0.596. The van der Waals surface area contributed by atoms with E-state index in [9.17, 15) is 9.18 Å². The highest BCUT2D eigenvalue weighted by atomic mass is 19.1. The van der Waals surface area contributed by atoms with Gasteiger partial charge in [0.1, 0.15) is 5.82 Å². The molecule has 0 radical (unpaired) electrons. The number of carbonyl (C=O) groups excluding carboxylic acids is 1. The zero-order valence-electron chi connectivity index (χ0n) is 18.1. The summed E-state index contributed by atoms with van der Waals surface area (Å²) < 4.78 is 14.2. The summed E-state index contributed by atoms with van der Waals surface area (Å²) in [7, 11) is 3.63. The van der Waals surface area contributed by atoms with Crippen molar-refractivity contribution in [3.8, 4) is 11.1 Å². The number of carbonyl (C=O) groups is 1. The number of benzene rings is 2. The number of nitrogens with zero attached hydrogens (tertiary/aromatic N) is 3. The van der Waals surface area contributed by atoms with Gasteiger partial charge >= 0.3 is 0 Å². The normalized spacial score (nSPS) is 18.8. The van der Waals surface area contributed by atoms with E-state index in [2.05, 4.69) is 28.1 Å². The number of rotatable bonds is 6. The first kappa shape index (κ1) is 21.2. The molecule has 0 bridgehead atoms. The van der Waals surface area contributed by atoms with E-state index in [1.807, 2.05) is 50.6 Å². The lowest BCUT2D eigenvalue weighted by atomic mass is 9.79. The average molecular weight is 418 g/mol. The molecule has 0 spiro atoms. The molecule has 3 aromatic rings. The fourth-order valence-electron chi connectivity index (χ4n) is 4.61. The molecule has 1 aliphatic heterocycles. The molecule has 160 valence electrons. The molecule has 31 heavy (non-hydrogen) atoms. The maximum absolute atomic E-state index is 14.2. The van der Waals surface area contributed by atoms with Crippen LogP contribution >= 0.6 is 0 Å². The van der Waals surface area contributed by atoms with Gasteiger partial charge in [0.2, 0.25) is 5.91 Å². The Balaban J connectivity index is 1.58. The van der Waals surface area contributed by atoms with Crippen LogP contribution < -0.4 is 0 Å². The second-order valence-electron chi connectivity index (χ2n) is 8.65. The molecule has 1 aliphatic rings. The molecule has 1 aromatic heterocycles. The zero-order chi connectivity index (χ0) is 21.8. The van der Waals surface area contributed by atoms with Gasteiger partial charge in [0, 0.05) is 45.1 Å². The molecule has 1 saturated heterocycles. The Morgan fingerprint density at radius 3 is 2.65 bits per heavy atom. The first-order valence-electron chi connectivity index (χ1n) is 10.6. The molecule has 2 heterocycles. The van der Waals surface area contributed by atoms with Crippen molar-refractivity contribution < 1.29 is 9.18 Å². The maximum Gasteiger partial charge on any atom is 0.229 e. The molecule has 0 N–H and O–H groups in total. The van der Waals surface area contributed by atoms with Crippen LogP contribution in [-0.2, 0) is 17.8 Å². The van der Waals surface area contributed by atoms with Crippen molar-refractivity contribution in [2.75, 3.05) is 27.2 Å². The van der Waals surface area contributed by atoms with Crippen molar-refractivity contribution in [3.63, 3.8) is 0 Å². The van der Waals surface area contributed by atoms with Gasteiger partial charge in [-0.1, -0.05) is 48.5 Å². The van der Waals surface area contributed by atoms with Crippen LogP contribution in [0.4, 0.5) is 4.39 Å².